The van der Waals surface area contributed by atoms with Crippen LogP contribution in [0.25, 0.3) is 0 Å². The van der Waals surface area contributed by atoms with Gasteiger partial charge in [-0.2, -0.15) is 0 Å². The molecule has 116 valence electrons. The van der Waals surface area contributed by atoms with Gasteiger partial charge in [0.25, 0.3) is 0 Å². The van der Waals surface area contributed by atoms with Gasteiger partial charge in [0.15, 0.2) is 0 Å². The van der Waals surface area contributed by atoms with E-state index in [1.54, 1.807) is 0 Å². The molecule has 1 aliphatic rings. The number of amides is 1. The molecule has 0 aromatic heterocycles. The molecule has 3 nitrogen and oxygen atoms in total. The lowest BCUT2D eigenvalue weighted by Crippen LogP contribution is -2.46. The van der Waals surface area contributed by atoms with Crippen LogP contribution in [0.3, 0.4) is 0 Å². The van der Waals surface area contributed by atoms with Gasteiger partial charge in [0.1, 0.15) is 6.04 Å². The Morgan fingerprint density at radius 1 is 1.29 bits per heavy atom. The van der Waals surface area contributed by atoms with Crippen molar-refractivity contribution in [1.29, 1.82) is 0 Å². The molecule has 1 aliphatic heterocycles. The lowest BCUT2D eigenvalue weighted by Gasteiger charge is -2.28. The summed E-state index contributed by atoms with van der Waals surface area (Å²) in [6.07, 6.45) is 7.53. The van der Waals surface area contributed by atoms with Crippen molar-refractivity contribution in [3.05, 3.63) is 29.8 Å². The van der Waals surface area contributed by atoms with Crippen molar-refractivity contribution >= 4 is 11.6 Å². The Balaban J connectivity index is 1.91. The SMILES string of the molecule is CCCCC(CCC)NC(=O)C1CCc2ccccc2N1. The molecule has 1 heterocycles. The number of hydrogen-bond donors (Lipinski definition) is 2. The third-order valence-corrected chi connectivity index (χ3v) is 4.26. The number of para-hydroxylation sites is 1. The summed E-state index contributed by atoms with van der Waals surface area (Å²) in [5.74, 6) is 0.166. The second kappa shape index (κ2) is 8.06. The minimum Gasteiger partial charge on any atom is -0.373 e. The van der Waals surface area contributed by atoms with Crippen molar-refractivity contribution in [2.45, 2.75) is 70.9 Å². The minimum atomic E-state index is -0.0825. The first-order valence-corrected chi connectivity index (χ1v) is 8.39. The van der Waals surface area contributed by atoms with Crippen LogP contribution in [0, 0.1) is 0 Å². The molecule has 2 unspecified atom stereocenters. The summed E-state index contributed by atoms with van der Waals surface area (Å²) in [5, 5.41) is 6.64. The fourth-order valence-corrected chi connectivity index (χ4v) is 3.02. The molecule has 0 aliphatic carbocycles. The lowest BCUT2D eigenvalue weighted by atomic mass is 9.97. The van der Waals surface area contributed by atoms with Crippen LogP contribution in [-0.4, -0.2) is 18.0 Å². The summed E-state index contributed by atoms with van der Waals surface area (Å²) in [7, 11) is 0. The summed E-state index contributed by atoms with van der Waals surface area (Å²) < 4.78 is 0. The van der Waals surface area contributed by atoms with Gasteiger partial charge in [0, 0.05) is 11.7 Å². The topological polar surface area (TPSA) is 41.1 Å². The maximum atomic E-state index is 12.5. The third kappa shape index (κ3) is 4.48. The maximum Gasteiger partial charge on any atom is 0.242 e. The molecular weight excluding hydrogens is 260 g/mol. The molecule has 1 amide bonds. The zero-order chi connectivity index (χ0) is 15.1. The third-order valence-electron chi connectivity index (χ3n) is 4.26. The monoisotopic (exact) mass is 288 g/mol. The van der Waals surface area contributed by atoms with E-state index >= 15 is 0 Å². The molecule has 0 saturated carbocycles. The van der Waals surface area contributed by atoms with E-state index in [2.05, 4.69) is 42.7 Å². The van der Waals surface area contributed by atoms with Gasteiger partial charge in [-0.15, -0.1) is 0 Å². The highest BCUT2D eigenvalue weighted by molar-refractivity contribution is 5.85. The van der Waals surface area contributed by atoms with Crippen LogP contribution in [-0.2, 0) is 11.2 Å². The van der Waals surface area contributed by atoms with Crippen LogP contribution in [0.4, 0.5) is 5.69 Å². The number of carbonyl (C=O) groups is 1. The summed E-state index contributed by atoms with van der Waals surface area (Å²) in [6.45, 7) is 4.38. The van der Waals surface area contributed by atoms with Crippen molar-refractivity contribution in [2.24, 2.45) is 0 Å². The molecule has 1 aromatic carbocycles. The predicted molar refractivity (Wildman–Crippen MR) is 88.5 cm³/mol. The molecule has 2 rings (SSSR count). The van der Waals surface area contributed by atoms with Crippen LogP contribution in [0.5, 0.6) is 0 Å². The number of benzene rings is 1. The molecular formula is C18H28N2O. The number of fused-ring (bicyclic) bond motifs is 1. The number of hydrogen-bond acceptors (Lipinski definition) is 2. The number of rotatable bonds is 7. The zero-order valence-corrected chi connectivity index (χ0v) is 13.3. The second-order valence-corrected chi connectivity index (χ2v) is 6.03. The van der Waals surface area contributed by atoms with E-state index in [4.69, 9.17) is 0 Å². The Morgan fingerprint density at radius 3 is 2.86 bits per heavy atom. The van der Waals surface area contributed by atoms with Gasteiger partial charge in [-0.25, -0.2) is 0 Å². The van der Waals surface area contributed by atoms with Gasteiger partial charge in [-0.3, -0.25) is 4.79 Å². The van der Waals surface area contributed by atoms with Gasteiger partial charge < -0.3 is 10.6 Å². The summed E-state index contributed by atoms with van der Waals surface area (Å²) in [5.41, 5.74) is 2.43. The maximum absolute atomic E-state index is 12.5. The Hall–Kier alpha value is -1.51. The summed E-state index contributed by atoms with van der Waals surface area (Å²) in [6, 6.07) is 8.53. The van der Waals surface area contributed by atoms with E-state index in [9.17, 15) is 4.79 Å². The molecule has 0 fully saturated rings. The van der Waals surface area contributed by atoms with Crippen molar-refractivity contribution in [3.8, 4) is 0 Å². The number of carbonyl (C=O) groups excluding carboxylic acids is 1. The van der Waals surface area contributed by atoms with Crippen LogP contribution in [0.15, 0.2) is 24.3 Å². The van der Waals surface area contributed by atoms with Gasteiger partial charge in [0.2, 0.25) is 5.91 Å². The van der Waals surface area contributed by atoms with Gasteiger partial charge in [-0.05, 0) is 37.3 Å². The summed E-state index contributed by atoms with van der Waals surface area (Å²) in [4.78, 5) is 12.5. The Kier molecular flexibility index (Phi) is 6.09. The highest BCUT2D eigenvalue weighted by atomic mass is 16.2. The largest absolute Gasteiger partial charge is 0.373 e. The normalized spacial score (nSPS) is 18.5. The molecule has 1 aromatic rings. The minimum absolute atomic E-state index is 0.0825. The Labute approximate surface area is 128 Å². The number of aryl methyl sites for hydroxylation is 1. The molecule has 2 N–H and O–H groups in total. The first kappa shape index (κ1) is 15.9. The zero-order valence-electron chi connectivity index (χ0n) is 13.3. The van der Waals surface area contributed by atoms with E-state index in [0.29, 0.717) is 6.04 Å². The number of nitrogens with one attached hydrogen (secondary N) is 2. The second-order valence-electron chi connectivity index (χ2n) is 6.03. The predicted octanol–water partition coefficient (Wildman–Crippen LogP) is 3.89. The van der Waals surface area contributed by atoms with Crippen LogP contribution >= 0.6 is 0 Å². The van der Waals surface area contributed by atoms with Gasteiger partial charge in [0.05, 0.1) is 0 Å². The molecule has 0 bridgehead atoms. The van der Waals surface area contributed by atoms with Crippen LogP contribution in [0.2, 0.25) is 0 Å². The Bertz CT molecular complexity index is 458. The van der Waals surface area contributed by atoms with Crippen LogP contribution in [0.1, 0.15) is 57.9 Å². The molecule has 3 heteroatoms. The van der Waals surface area contributed by atoms with E-state index < -0.39 is 0 Å². The van der Waals surface area contributed by atoms with Crippen molar-refractivity contribution in [3.63, 3.8) is 0 Å². The fourth-order valence-electron chi connectivity index (χ4n) is 3.02. The van der Waals surface area contributed by atoms with E-state index in [1.807, 2.05) is 6.07 Å². The highest BCUT2D eigenvalue weighted by Crippen LogP contribution is 2.24. The summed E-state index contributed by atoms with van der Waals surface area (Å²) >= 11 is 0. The van der Waals surface area contributed by atoms with Gasteiger partial charge >= 0.3 is 0 Å². The number of unbranched alkanes of at least 4 members (excludes halogenated alkanes) is 1. The van der Waals surface area contributed by atoms with Crippen molar-refractivity contribution < 1.29 is 4.79 Å². The average Bonchev–Trinajstić information content (AvgIpc) is 2.52. The number of anilines is 1. The van der Waals surface area contributed by atoms with Crippen LogP contribution < -0.4 is 10.6 Å². The molecule has 2 atom stereocenters. The van der Waals surface area contributed by atoms with E-state index in [0.717, 1.165) is 37.8 Å². The van der Waals surface area contributed by atoms with E-state index in [1.165, 1.54) is 18.4 Å². The molecule has 0 radical (unpaired) electrons. The Morgan fingerprint density at radius 2 is 2.10 bits per heavy atom. The first-order chi connectivity index (χ1) is 10.2. The average molecular weight is 288 g/mol. The first-order valence-electron chi connectivity index (χ1n) is 8.39. The molecule has 0 spiro atoms. The fraction of sp³-hybridized carbons (Fsp3) is 0.611. The van der Waals surface area contributed by atoms with Crippen molar-refractivity contribution in [1.82, 2.24) is 5.32 Å². The van der Waals surface area contributed by atoms with E-state index in [-0.39, 0.29) is 11.9 Å². The lowest BCUT2D eigenvalue weighted by molar-refractivity contribution is -0.122. The highest BCUT2D eigenvalue weighted by Gasteiger charge is 2.25. The quantitative estimate of drug-likeness (QED) is 0.799. The molecule has 21 heavy (non-hydrogen) atoms. The smallest absolute Gasteiger partial charge is 0.242 e. The van der Waals surface area contributed by atoms with Crippen molar-refractivity contribution in [2.75, 3.05) is 5.32 Å². The standard InChI is InChI=1S/C18H28N2O/c1-3-5-10-15(8-4-2)19-18(21)17-13-12-14-9-6-7-11-16(14)20-17/h6-7,9,11,15,17,20H,3-5,8,10,12-13H2,1-2H3,(H,19,21). The van der Waals surface area contributed by atoms with Gasteiger partial charge in [-0.1, -0.05) is 51.3 Å². The molecule has 0 saturated heterocycles.